The SMILES string of the molecule is CC(C)n1c(O[C@@H]2C[C@H]3C(=O)C[C@]4(C(=O)NS(=O)(=O)C5(C)CC5)C[C@H]4/C=C\CCCCC[C@H](NC(=O)OC(C)(C)C)C(=O)N3C2)nc2c(-c3nc(C4CCCCC4)cs3)cccc21. The molecule has 63 heavy (non-hydrogen) atoms. The first-order valence-corrected chi connectivity index (χ1v) is 25.4. The van der Waals surface area contributed by atoms with Crippen molar-refractivity contribution >= 4 is 56.1 Å². The number of ketones is 1. The van der Waals surface area contributed by atoms with E-state index in [0.29, 0.717) is 44.0 Å². The number of amides is 3. The summed E-state index contributed by atoms with van der Waals surface area (Å²) in [7, 11) is -3.96. The highest BCUT2D eigenvalue weighted by atomic mass is 32.2. The number of hydrogen-bond donors (Lipinski definition) is 2. The first-order chi connectivity index (χ1) is 29.9. The van der Waals surface area contributed by atoms with Gasteiger partial charge in [-0.3, -0.25) is 23.7 Å². The Hall–Kier alpha value is -4.31. The molecule has 4 fully saturated rings. The van der Waals surface area contributed by atoms with Gasteiger partial charge in [-0.1, -0.05) is 50.3 Å². The van der Waals surface area contributed by atoms with Crippen LogP contribution in [0.3, 0.4) is 0 Å². The van der Waals surface area contributed by atoms with Crippen LogP contribution in [0.4, 0.5) is 4.79 Å². The monoisotopic (exact) mass is 904 g/mol. The summed E-state index contributed by atoms with van der Waals surface area (Å²) in [6.45, 7) is 11.0. The van der Waals surface area contributed by atoms with Gasteiger partial charge in [0.05, 0.1) is 34.0 Å². The van der Waals surface area contributed by atoms with E-state index in [1.807, 2.05) is 34.9 Å². The molecule has 1 saturated heterocycles. The molecule has 5 atom stereocenters. The van der Waals surface area contributed by atoms with Crippen LogP contribution in [0.2, 0.25) is 0 Å². The molecule has 0 radical (unpaired) electrons. The van der Waals surface area contributed by atoms with Crippen molar-refractivity contribution in [2.24, 2.45) is 11.3 Å². The summed E-state index contributed by atoms with van der Waals surface area (Å²) in [6.07, 6.45) is 13.0. The largest absolute Gasteiger partial charge is 0.459 e. The van der Waals surface area contributed by atoms with Gasteiger partial charge < -0.3 is 19.7 Å². The quantitative estimate of drug-likeness (QED) is 0.198. The summed E-state index contributed by atoms with van der Waals surface area (Å²) < 4.78 is 42.4. The number of aromatic nitrogens is 3. The standard InChI is InChI=1S/C47H64N6O8S2/c1-29(2)53-36-21-15-19-33(40-48-35(28-62-40)30-16-11-10-12-17-30)39(36)50-43(53)60-32-24-37-38(54)26-47(42(56)51-63(58,59)46(6)22-23-46)25-31(47)18-13-8-7-9-14-20-34(41(55)52(37)27-32)49-44(57)61-45(3,4)5/h13,15,18-19,21,28-32,34,37H,7-12,14,16-17,20,22-27H2,1-6H3,(H,49,57)(H,51,56)/b18-13-/t31-,32-,34+,37+,47-/m1/s1. The number of rotatable bonds is 9. The molecule has 0 bridgehead atoms. The normalized spacial score (nSPS) is 27.5. The zero-order valence-corrected chi connectivity index (χ0v) is 39.2. The molecule has 2 N–H and O–H groups in total. The summed E-state index contributed by atoms with van der Waals surface area (Å²) in [4.78, 5) is 68.6. The number of alkyl carbamates (subject to hydrolysis) is 1. The fourth-order valence-corrected chi connectivity index (χ4v) is 12.0. The van der Waals surface area contributed by atoms with Crippen LogP contribution in [0.1, 0.15) is 156 Å². The lowest BCUT2D eigenvalue weighted by Gasteiger charge is -2.30. The van der Waals surface area contributed by atoms with Crippen LogP contribution in [0, 0.1) is 11.3 Å². The fourth-order valence-electron chi connectivity index (χ4n) is 9.73. The number of allylic oxidation sites excluding steroid dienone is 2. The number of ether oxygens (including phenoxy) is 2. The van der Waals surface area contributed by atoms with E-state index < -0.39 is 61.9 Å². The Kier molecular flexibility index (Phi) is 12.6. The Morgan fingerprint density at radius 3 is 2.44 bits per heavy atom. The van der Waals surface area contributed by atoms with Crippen LogP contribution in [-0.2, 0) is 29.1 Å². The number of sulfonamides is 1. The van der Waals surface area contributed by atoms with Gasteiger partial charge in [-0.25, -0.2) is 18.2 Å². The molecule has 3 saturated carbocycles. The zero-order chi connectivity index (χ0) is 44.9. The van der Waals surface area contributed by atoms with Crippen molar-refractivity contribution in [2.75, 3.05) is 6.54 Å². The third-order valence-corrected chi connectivity index (χ3v) is 16.8. The van der Waals surface area contributed by atoms with Crippen LogP contribution in [0.15, 0.2) is 35.7 Å². The molecular weight excluding hydrogens is 841 g/mol. The van der Waals surface area contributed by atoms with E-state index in [1.165, 1.54) is 24.2 Å². The molecule has 1 aromatic carbocycles. The van der Waals surface area contributed by atoms with E-state index in [1.54, 1.807) is 39.0 Å². The predicted octanol–water partition coefficient (Wildman–Crippen LogP) is 8.51. The minimum Gasteiger partial charge on any atom is -0.459 e. The predicted molar refractivity (Wildman–Crippen MR) is 242 cm³/mol. The first kappa shape index (κ1) is 45.3. The smallest absolute Gasteiger partial charge is 0.408 e. The van der Waals surface area contributed by atoms with Gasteiger partial charge in [-0.15, -0.1) is 11.3 Å². The van der Waals surface area contributed by atoms with Gasteiger partial charge in [0, 0.05) is 35.7 Å². The van der Waals surface area contributed by atoms with Crippen LogP contribution in [0.5, 0.6) is 6.01 Å². The third-order valence-electron chi connectivity index (χ3n) is 13.8. The Bertz CT molecular complexity index is 2370. The lowest BCUT2D eigenvalue weighted by molar-refractivity contribution is -0.140. The molecule has 16 heteroatoms. The van der Waals surface area contributed by atoms with Crippen molar-refractivity contribution in [3.8, 4) is 16.6 Å². The number of imidazole rings is 1. The second-order valence-corrected chi connectivity index (χ2v) is 23.2. The average Bonchev–Trinajstić information content (AvgIpc) is 3.89. The van der Waals surface area contributed by atoms with Gasteiger partial charge in [-0.05, 0) is 111 Å². The Balaban J connectivity index is 1.11. The molecule has 2 aromatic heterocycles. The molecule has 0 unspecified atom stereocenters. The van der Waals surface area contributed by atoms with Crippen LogP contribution in [-0.4, -0.2) is 86.6 Å². The van der Waals surface area contributed by atoms with Crippen molar-refractivity contribution in [3.05, 3.63) is 41.4 Å². The maximum atomic E-state index is 14.8. The minimum atomic E-state index is -3.96. The number of thiazole rings is 1. The highest BCUT2D eigenvalue weighted by molar-refractivity contribution is 7.91. The molecule has 0 spiro atoms. The maximum absolute atomic E-state index is 14.8. The topological polar surface area (TPSA) is 179 Å². The second-order valence-electron chi connectivity index (χ2n) is 20.2. The molecule has 14 nitrogen and oxygen atoms in total. The molecule has 8 rings (SSSR count). The van der Waals surface area contributed by atoms with Crippen molar-refractivity contribution in [3.63, 3.8) is 0 Å². The van der Waals surface area contributed by atoms with Crippen LogP contribution < -0.4 is 14.8 Å². The Morgan fingerprint density at radius 1 is 1.00 bits per heavy atom. The van der Waals surface area contributed by atoms with Gasteiger partial charge in [0.15, 0.2) is 5.78 Å². The van der Waals surface area contributed by atoms with E-state index in [4.69, 9.17) is 19.4 Å². The molecule has 2 aliphatic heterocycles. The zero-order valence-electron chi connectivity index (χ0n) is 37.6. The Morgan fingerprint density at radius 2 is 1.73 bits per heavy atom. The van der Waals surface area contributed by atoms with E-state index in [9.17, 15) is 27.6 Å². The number of para-hydroxylation sites is 1. The summed E-state index contributed by atoms with van der Waals surface area (Å²) >= 11 is 1.63. The fraction of sp³-hybridized carbons (Fsp3) is 0.660. The van der Waals surface area contributed by atoms with Gasteiger partial charge in [-0.2, -0.15) is 4.98 Å². The van der Waals surface area contributed by atoms with Crippen molar-refractivity contribution in [1.82, 2.24) is 29.5 Å². The Labute approximate surface area is 375 Å². The van der Waals surface area contributed by atoms with Crippen molar-refractivity contribution in [2.45, 2.75) is 178 Å². The van der Waals surface area contributed by atoms with Gasteiger partial charge >= 0.3 is 6.09 Å². The van der Waals surface area contributed by atoms with E-state index in [0.717, 1.165) is 59.4 Å². The number of benzene rings is 1. The van der Waals surface area contributed by atoms with E-state index >= 15 is 0 Å². The van der Waals surface area contributed by atoms with Crippen molar-refractivity contribution < 1.29 is 37.1 Å². The van der Waals surface area contributed by atoms with Crippen molar-refractivity contribution in [1.29, 1.82) is 0 Å². The summed E-state index contributed by atoms with van der Waals surface area (Å²) in [5.41, 5.74) is 1.61. The highest BCUT2D eigenvalue weighted by Crippen LogP contribution is 2.57. The minimum absolute atomic E-state index is 0.0301. The lowest BCUT2D eigenvalue weighted by Crippen LogP contribution is -2.53. The van der Waals surface area contributed by atoms with E-state index in [-0.39, 0.29) is 37.1 Å². The van der Waals surface area contributed by atoms with Crippen LogP contribution in [0.25, 0.3) is 21.6 Å². The van der Waals surface area contributed by atoms with Gasteiger partial charge in [0.2, 0.25) is 21.8 Å². The molecule has 3 aliphatic carbocycles. The number of fused-ring (bicyclic) bond motifs is 3. The summed E-state index contributed by atoms with van der Waals surface area (Å²) in [5, 5.41) is 5.89. The molecule has 5 aliphatic rings. The second kappa shape index (κ2) is 17.6. The number of nitrogens with one attached hydrogen (secondary N) is 2. The molecular formula is C47H64N6O8S2. The number of Topliss-reactive ketones (excluding diaryl/α,β-unsaturated/α-hetero) is 1. The number of nitrogens with zero attached hydrogens (tertiary/aromatic N) is 4. The molecule has 3 amide bonds. The van der Waals surface area contributed by atoms with Crippen LogP contribution >= 0.6 is 11.3 Å². The van der Waals surface area contributed by atoms with Gasteiger partial charge in [0.1, 0.15) is 28.3 Å². The average molecular weight is 905 g/mol. The summed E-state index contributed by atoms with van der Waals surface area (Å²) in [5.74, 6) is -1.34. The number of carbonyl (C=O) groups excluding carboxylic acids is 4. The van der Waals surface area contributed by atoms with Gasteiger partial charge in [0.25, 0.3) is 6.01 Å². The molecule has 4 heterocycles. The molecule has 3 aromatic rings. The van der Waals surface area contributed by atoms with E-state index in [2.05, 4.69) is 29.3 Å². The highest BCUT2D eigenvalue weighted by Gasteiger charge is 2.62. The number of hydrogen-bond acceptors (Lipinski definition) is 11. The lowest BCUT2D eigenvalue weighted by atomic mass is 9.87. The third kappa shape index (κ3) is 9.58. The maximum Gasteiger partial charge on any atom is 0.408 e. The molecule has 342 valence electrons. The first-order valence-electron chi connectivity index (χ1n) is 23.1. The summed E-state index contributed by atoms with van der Waals surface area (Å²) in [6, 6.07) is 4.37. The number of carbonyl (C=O) groups is 4.